The molecule has 0 radical (unpaired) electrons. The lowest BCUT2D eigenvalue weighted by Gasteiger charge is -2.30. The molecule has 0 heterocycles. The Bertz CT molecular complexity index is 459. The maximum absolute atomic E-state index is 13.7. The second kappa shape index (κ2) is 6.51. The van der Waals surface area contributed by atoms with Crippen LogP contribution in [0.1, 0.15) is 39.7 Å². The molecule has 0 N–H and O–H groups in total. The maximum Gasteiger partial charge on any atom is 0.228 e. The third kappa shape index (κ3) is 4.03. The first-order valence-electron chi connectivity index (χ1n) is 6.55. The fraction of sp³-hybridized carbons (Fsp3) is 0.533. The number of amides is 1. The highest BCUT2D eigenvalue weighted by Gasteiger charge is 2.29. The molecule has 2 nitrogen and oxygen atoms in total. The summed E-state index contributed by atoms with van der Waals surface area (Å²) in [5, 5.41) is 0. The van der Waals surface area contributed by atoms with E-state index in [1.807, 2.05) is 27.7 Å². The third-order valence-electron chi connectivity index (χ3n) is 3.50. The number of hydrogen-bond acceptors (Lipinski definition) is 1. The Labute approximate surface area is 123 Å². The Kier molecular flexibility index (Phi) is 5.53. The smallest absolute Gasteiger partial charge is 0.228 e. The molecular formula is C15H21BrFNO. The lowest BCUT2D eigenvalue weighted by Crippen LogP contribution is -2.40. The van der Waals surface area contributed by atoms with Crippen molar-refractivity contribution < 1.29 is 9.18 Å². The lowest BCUT2D eigenvalue weighted by atomic mass is 9.88. The van der Waals surface area contributed by atoms with Crippen LogP contribution in [0.5, 0.6) is 0 Å². The number of benzene rings is 1. The molecule has 4 heteroatoms. The van der Waals surface area contributed by atoms with Crippen LogP contribution < -0.4 is 0 Å². The summed E-state index contributed by atoms with van der Waals surface area (Å²) in [7, 11) is 0. The molecule has 1 aromatic carbocycles. The number of carbonyl (C=O) groups is 1. The van der Waals surface area contributed by atoms with Crippen molar-refractivity contribution in [2.45, 2.75) is 40.7 Å². The molecule has 1 amide bonds. The van der Waals surface area contributed by atoms with Gasteiger partial charge in [0.25, 0.3) is 0 Å². The van der Waals surface area contributed by atoms with Crippen LogP contribution in [0.4, 0.5) is 4.39 Å². The molecule has 1 aromatic rings. The molecule has 19 heavy (non-hydrogen) atoms. The Hall–Kier alpha value is -0.900. The monoisotopic (exact) mass is 329 g/mol. The molecule has 0 unspecified atom stereocenters. The standard InChI is InChI=1S/C15H21BrFNO/c1-5-15(3,4)14(19)18(6-2)10-11-9-12(16)7-8-13(11)17/h7-9H,5-6,10H2,1-4H3. The van der Waals surface area contributed by atoms with Gasteiger partial charge < -0.3 is 4.90 Å². The van der Waals surface area contributed by atoms with Gasteiger partial charge in [0.1, 0.15) is 5.82 Å². The Balaban J connectivity index is 2.94. The topological polar surface area (TPSA) is 20.3 Å². The van der Waals surface area contributed by atoms with Crippen LogP contribution in [0.2, 0.25) is 0 Å². The van der Waals surface area contributed by atoms with E-state index in [0.717, 1.165) is 10.9 Å². The molecular weight excluding hydrogens is 309 g/mol. The van der Waals surface area contributed by atoms with Crippen molar-refractivity contribution in [1.29, 1.82) is 0 Å². The molecule has 0 aromatic heterocycles. The summed E-state index contributed by atoms with van der Waals surface area (Å²) in [5.74, 6) is -0.208. The van der Waals surface area contributed by atoms with Gasteiger partial charge in [-0.1, -0.05) is 36.7 Å². The van der Waals surface area contributed by atoms with Gasteiger partial charge in [-0.3, -0.25) is 4.79 Å². The van der Waals surface area contributed by atoms with Crippen molar-refractivity contribution >= 4 is 21.8 Å². The first-order valence-corrected chi connectivity index (χ1v) is 7.34. The van der Waals surface area contributed by atoms with Gasteiger partial charge in [0.05, 0.1) is 0 Å². The minimum atomic E-state index is -0.404. The van der Waals surface area contributed by atoms with Crippen molar-refractivity contribution in [2.75, 3.05) is 6.54 Å². The number of hydrogen-bond donors (Lipinski definition) is 0. The summed E-state index contributed by atoms with van der Waals surface area (Å²) in [5.41, 5.74) is 0.134. The highest BCUT2D eigenvalue weighted by Crippen LogP contribution is 2.25. The average molecular weight is 330 g/mol. The van der Waals surface area contributed by atoms with Crippen LogP contribution in [-0.4, -0.2) is 17.4 Å². The van der Waals surface area contributed by atoms with E-state index >= 15 is 0 Å². The van der Waals surface area contributed by atoms with Gasteiger partial charge in [-0.25, -0.2) is 4.39 Å². The summed E-state index contributed by atoms with van der Waals surface area (Å²) in [6.07, 6.45) is 0.767. The van der Waals surface area contributed by atoms with E-state index in [0.29, 0.717) is 18.7 Å². The van der Waals surface area contributed by atoms with Crippen molar-refractivity contribution in [2.24, 2.45) is 5.41 Å². The zero-order chi connectivity index (χ0) is 14.6. The van der Waals surface area contributed by atoms with Gasteiger partial charge >= 0.3 is 0 Å². The summed E-state index contributed by atoms with van der Waals surface area (Å²) in [4.78, 5) is 14.1. The molecule has 0 aliphatic rings. The fourth-order valence-electron chi connectivity index (χ4n) is 1.78. The number of nitrogens with zero attached hydrogens (tertiary/aromatic N) is 1. The summed E-state index contributed by atoms with van der Waals surface area (Å²) in [6.45, 7) is 8.65. The molecule has 0 aliphatic heterocycles. The summed E-state index contributed by atoms with van der Waals surface area (Å²) >= 11 is 3.33. The van der Waals surface area contributed by atoms with Gasteiger partial charge in [0.15, 0.2) is 0 Å². The quantitative estimate of drug-likeness (QED) is 0.785. The van der Waals surface area contributed by atoms with Crippen LogP contribution in [0.3, 0.4) is 0 Å². The first kappa shape index (κ1) is 16.2. The minimum Gasteiger partial charge on any atom is -0.338 e. The predicted octanol–water partition coefficient (Wildman–Crippen LogP) is 4.37. The Morgan fingerprint density at radius 3 is 2.53 bits per heavy atom. The third-order valence-corrected chi connectivity index (χ3v) is 3.99. The summed E-state index contributed by atoms with van der Waals surface area (Å²) in [6, 6.07) is 4.81. The van der Waals surface area contributed by atoms with Crippen LogP contribution in [0.25, 0.3) is 0 Å². The number of rotatable bonds is 5. The first-order chi connectivity index (χ1) is 8.81. The lowest BCUT2D eigenvalue weighted by molar-refractivity contribution is -0.141. The van der Waals surface area contributed by atoms with Gasteiger partial charge in [0, 0.05) is 28.5 Å². The van der Waals surface area contributed by atoms with E-state index < -0.39 is 5.41 Å². The van der Waals surface area contributed by atoms with Crippen LogP contribution in [0.15, 0.2) is 22.7 Å². The largest absolute Gasteiger partial charge is 0.338 e. The highest BCUT2D eigenvalue weighted by atomic mass is 79.9. The van der Waals surface area contributed by atoms with Gasteiger partial charge in [-0.15, -0.1) is 0 Å². The zero-order valence-electron chi connectivity index (χ0n) is 12.0. The highest BCUT2D eigenvalue weighted by molar-refractivity contribution is 9.10. The van der Waals surface area contributed by atoms with Crippen molar-refractivity contribution in [3.8, 4) is 0 Å². The number of carbonyl (C=O) groups excluding carboxylic acids is 1. The van der Waals surface area contributed by atoms with E-state index in [2.05, 4.69) is 15.9 Å². The van der Waals surface area contributed by atoms with Crippen LogP contribution in [0, 0.1) is 11.2 Å². The zero-order valence-corrected chi connectivity index (χ0v) is 13.6. The molecule has 0 spiro atoms. The molecule has 0 aliphatic carbocycles. The molecule has 0 saturated heterocycles. The maximum atomic E-state index is 13.7. The van der Waals surface area contributed by atoms with E-state index in [-0.39, 0.29) is 11.7 Å². The van der Waals surface area contributed by atoms with Crippen molar-refractivity contribution in [3.05, 3.63) is 34.1 Å². The predicted molar refractivity (Wildman–Crippen MR) is 79.3 cm³/mol. The van der Waals surface area contributed by atoms with Gasteiger partial charge in [-0.2, -0.15) is 0 Å². The van der Waals surface area contributed by atoms with E-state index in [4.69, 9.17) is 0 Å². The van der Waals surface area contributed by atoms with E-state index in [1.165, 1.54) is 6.07 Å². The molecule has 0 fully saturated rings. The van der Waals surface area contributed by atoms with Crippen LogP contribution >= 0.6 is 15.9 Å². The van der Waals surface area contributed by atoms with Gasteiger partial charge in [0.2, 0.25) is 5.91 Å². The summed E-state index contributed by atoms with van der Waals surface area (Å²) < 4.78 is 14.6. The SMILES string of the molecule is CCN(Cc1cc(Br)ccc1F)C(=O)C(C)(C)CC. The second-order valence-corrected chi connectivity index (χ2v) is 6.21. The van der Waals surface area contributed by atoms with Gasteiger partial charge in [-0.05, 0) is 31.5 Å². The normalized spacial score (nSPS) is 11.5. The molecule has 1 rings (SSSR count). The second-order valence-electron chi connectivity index (χ2n) is 5.29. The Morgan fingerprint density at radius 1 is 1.37 bits per heavy atom. The van der Waals surface area contributed by atoms with E-state index in [9.17, 15) is 9.18 Å². The fourth-order valence-corrected chi connectivity index (χ4v) is 2.19. The molecule has 0 atom stereocenters. The van der Waals surface area contributed by atoms with E-state index in [1.54, 1.807) is 17.0 Å². The van der Waals surface area contributed by atoms with Crippen molar-refractivity contribution in [3.63, 3.8) is 0 Å². The minimum absolute atomic E-state index is 0.0666. The molecule has 0 saturated carbocycles. The average Bonchev–Trinajstić information content (AvgIpc) is 2.38. The number of halogens is 2. The molecule has 106 valence electrons. The van der Waals surface area contributed by atoms with Crippen molar-refractivity contribution in [1.82, 2.24) is 4.90 Å². The van der Waals surface area contributed by atoms with Crippen LogP contribution in [-0.2, 0) is 11.3 Å². The molecule has 0 bridgehead atoms. The Morgan fingerprint density at radius 2 is 2.00 bits per heavy atom.